The van der Waals surface area contributed by atoms with E-state index in [4.69, 9.17) is 14.6 Å². The van der Waals surface area contributed by atoms with Gasteiger partial charge in [0, 0.05) is 12.6 Å². The normalized spacial score (nSPS) is 12.0. The minimum atomic E-state index is -1.06. The number of carboxylic acids is 1. The Hall–Kier alpha value is -2.77. The first-order chi connectivity index (χ1) is 12.2. The number of hydrogen-bond donors (Lipinski definition) is 3. The van der Waals surface area contributed by atoms with E-state index in [1.165, 1.54) is 0 Å². The summed E-state index contributed by atoms with van der Waals surface area (Å²) in [6, 6.07) is 8.45. The van der Waals surface area contributed by atoms with Crippen LogP contribution in [0.25, 0.3) is 0 Å². The van der Waals surface area contributed by atoms with Crippen molar-refractivity contribution in [3.63, 3.8) is 0 Å². The molecule has 0 bridgehead atoms. The third-order valence-corrected chi connectivity index (χ3v) is 3.12. The number of aliphatic carboxylic acids is 1. The molecule has 26 heavy (non-hydrogen) atoms. The number of nitrogens with one attached hydrogen (secondary N) is 2. The number of carbonyl (C=O) groups excluding carboxylic acids is 2. The molecule has 0 aromatic heterocycles. The smallest absolute Gasteiger partial charge is 0.407 e. The summed E-state index contributed by atoms with van der Waals surface area (Å²) in [5.74, 6) is -1.06. The van der Waals surface area contributed by atoms with Gasteiger partial charge in [-0.3, -0.25) is 4.79 Å². The van der Waals surface area contributed by atoms with E-state index >= 15 is 0 Å². The van der Waals surface area contributed by atoms with Gasteiger partial charge in [0.25, 0.3) is 0 Å². The van der Waals surface area contributed by atoms with Crippen molar-refractivity contribution in [1.82, 2.24) is 10.6 Å². The van der Waals surface area contributed by atoms with Gasteiger partial charge in [-0.1, -0.05) is 30.3 Å². The van der Waals surface area contributed by atoms with Crippen LogP contribution in [0.3, 0.4) is 0 Å². The van der Waals surface area contributed by atoms with Crippen molar-refractivity contribution in [1.29, 1.82) is 0 Å². The Bertz CT molecular complexity index is 597. The van der Waals surface area contributed by atoms with Gasteiger partial charge in [0.1, 0.15) is 12.2 Å². The van der Waals surface area contributed by atoms with E-state index in [-0.39, 0.29) is 26.0 Å². The molecule has 0 saturated carbocycles. The number of carboxylic acid groups (broad SMARTS) is 1. The first-order valence-electron chi connectivity index (χ1n) is 8.31. The fourth-order valence-electron chi connectivity index (χ4n) is 2.03. The van der Waals surface area contributed by atoms with E-state index in [1.807, 2.05) is 30.3 Å². The molecule has 1 aromatic carbocycles. The van der Waals surface area contributed by atoms with Crippen molar-refractivity contribution >= 4 is 18.2 Å². The first kappa shape index (κ1) is 21.3. The maximum absolute atomic E-state index is 11.9. The van der Waals surface area contributed by atoms with E-state index in [1.54, 1.807) is 20.8 Å². The van der Waals surface area contributed by atoms with Gasteiger partial charge in [-0.25, -0.2) is 9.59 Å². The molecule has 3 N–H and O–H groups in total. The minimum Gasteiger partial charge on any atom is -0.481 e. The molecule has 1 aromatic rings. The fraction of sp³-hybridized carbons (Fsp3) is 0.500. The molecule has 1 atom stereocenters. The van der Waals surface area contributed by atoms with Crippen molar-refractivity contribution in [3.8, 4) is 0 Å². The molecule has 0 radical (unpaired) electrons. The second-order valence-electron chi connectivity index (χ2n) is 6.72. The van der Waals surface area contributed by atoms with E-state index in [0.717, 1.165) is 5.56 Å². The zero-order valence-corrected chi connectivity index (χ0v) is 15.3. The van der Waals surface area contributed by atoms with Crippen LogP contribution < -0.4 is 10.6 Å². The van der Waals surface area contributed by atoms with Gasteiger partial charge in [0.2, 0.25) is 0 Å². The lowest BCUT2D eigenvalue weighted by Gasteiger charge is -2.21. The molecule has 2 amide bonds. The molecule has 0 fully saturated rings. The van der Waals surface area contributed by atoms with Crippen LogP contribution in [0.1, 0.15) is 39.2 Å². The summed E-state index contributed by atoms with van der Waals surface area (Å²) < 4.78 is 10.2. The van der Waals surface area contributed by atoms with Crippen LogP contribution >= 0.6 is 0 Å². The molecular formula is C18H26N2O6. The molecule has 0 spiro atoms. The van der Waals surface area contributed by atoms with E-state index in [0.29, 0.717) is 0 Å². The second kappa shape index (κ2) is 10.3. The number of amides is 2. The van der Waals surface area contributed by atoms with Gasteiger partial charge in [-0.2, -0.15) is 0 Å². The molecule has 144 valence electrons. The van der Waals surface area contributed by atoms with Gasteiger partial charge < -0.3 is 25.2 Å². The minimum absolute atomic E-state index is 0.0859. The van der Waals surface area contributed by atoms with E-state index in [2.05, 4.69) is 10.6 Å². The largest absolute Gasteiger partial charge is 0.481 e. The summed E-state index contributed by atoms with van der Waals surface area (Å²) in [5, 5.41) is 14.0. The average Bonchev–Trinajstić information content (AvgIpc) is 2.51. The van der Waals surface area contributed by atoms with Crippen LogP contribution in [0, 0.1) is 0 Å². The van der Waals surface area contributed by atoms with Gasteiger partial charge in [0.05, 0.1) is 6.42 Å². The number of carbonyl (C=O) groups is 3. The number of rotatable bonds is 8. The summed E-state index contributed by atoms with van der Waals surface area (Å²) in [5.41, 5.74) is 0.202. The van der Waals surface area contributed by atoms with Gasteiger partial charge in [-0.15, -0.1) is 0 Å². The Balaban J connectivity index is 2.41. The fourth-order valence-corrected chi connectivity index (χ4v) is 2.03. The van der Waals surface area contributed by atoms with Gasteiger partial charge in [-0.05, 0) is 32.8 Å². The van der Waals surface area contributed by atoms with Crippen LogP contribution in [0.2, 0.25) is 0 Å². The third-order valence-electron chi connectivity index (χ3n) is 3.12. The summed E-state index contributed by atoms with van der Waals surface area (Å²) in [6.07, 6.45) is -1.36. The quantitative estimate of drug-likeness (QED) is 0.652. The van der Waals surface area contributed by atoms with E-state index in [9.17, 15) is 14.4 Å². The Morgan fingerprint density at radius 2 is 1.77 bits per heavy atom. The van der Waals surface area contributed by atoms with Crippen molar-refractivity contribution in [2.75, 3.05) is 6.54 Å². The maximum Gasteiger partial charge on any atom is 0.407 e. The van der Waals surface area contributed by atoms with Gasteiger partial charge >= 0.3 is 18.2 Å². The van der Waals surface area contributed by atoms with Crippen LogP contribution in [0.5, 0.6) is 0 Å². The lowest BCUT2D eigenvalue weighted by Crippen LogP contribution is -2.40. The van der Waals surface area contributed by atoms with Crippen LogP contribution in [-0.2, 0) is 20.9 Å². The summed E-state index contributed by atoms with van der Waals surface area (Å²) in [4.78, 5) is 34.4. The molecule has 0 unspecified atom stereocenters. The molecular weight excluding hydrogens is 340 g/mol. The highest BCUT2D eigenvalue weighted by Crippen LogP contribution is 2.07. The average molecular weight is 366 g/mol. The van der Waals surface area contributed by atoms with Crippen LogP contribution in [0.15, 0.2) is 30.3 Å². The third kappa shape index (κ3) is 10.2. The molecule has 0 aliphatic carbocycles. The summed E-state index contributed by atoms with van der Waals surface area (Å²) >= 11 is 0. The molecule has 8 heteroatoms. The van der Waals surface area contributed by atoms with Crippen molar-refractivity contribution in [2.24, 2.45) is 0 Å². The number of alkyl carbamates (subject to hydrolysis) is 2. The predicted molar refractivity (Wildman–Crippen MR) is 94.7 cm³/mol. The summed E-state index contributed by atoms with van der Waals surface area (Å²) in [7, 11) is 0. The highest BCUT2D eigenvalue weighted by Gasteiger charge is 2.19. The van der Waals surface area contributed by atoms with Crippen molar-refractivity contribution < 1.29 is 29.0 Å². The maximum atomic E-state index is 11.9. The predicted octanol–water partition coefficient (Wildman–Crippen LogP) is 2.67. The zero-order chi connectivity index (χ0) is 19.6. The lowest BCUT2D eigenvalue weighted by molar-refractivity contribution is -0.137. The standard InChI is InChI=1S/C18H26N2O6/c1-18(2,3)26-16(23)19-10-9-14(11-15(21)22)20-17(24)25-12-13-7-5-4-6-8-13/h4-8,14H,9-12H2,1-3H3,(H,19,23)(H,20,24)(H,21,22)/t14-/m1/s1. The molecule has 8 nitrogen and oxygen atoms in total. The zero-order valence-electron chi connectivity index (χ0n) is 15.3. The van der Waals surface area contributed by atoms with Gasteiger partial charge in [0.15, 0.2) is 0 Å². The monoisotopic (exact) mass is 366 g/mol. The topological polar surface area (TPSA) is 114 Å². The Kier molecular flexibility index (Phi) is 8.41. The van der Waals surface area contributed by atoms with Crippen molar-refractivity contribution in [3.05, 3.63) is 35.9 Å². The first-order valence-corrected chi connectivity index (χ1v) is 8.31. The highest BCUT2D eigenvalue weighted by atomic mass is 16.6. The summed E-state index contributed by atoms with van der Waals surface area (Å²) in [6.45, 7) is 5.47. The van der Waals surface area contributed by atoms with Crippen molar-refractivity contribution in [2.45, 2.75) is 51.9 Å². The lowest BCUT2D eigenvalue weighted by atomic mass is 10.1. The number of benzene rings is 1. The highest BCUT2D eigenvalue weighted by molar-refractivity contribution is 5.71. The Labute approximate surface area is 152 Å². The molecule has 0 aliphatic heterocycles. The molecule has 1 rings (SSSR count). The van der Waals surface area contributed by atoms with Crippen LogP contribution in [0.4, 0.5) is 9.59 Å². The van der Waals surface area contributed by atoms with E-state index < -0.39 is 29.8 Å². The number of ether oxygens (including phenoxy) is 2. The SMILES string of the molecule is CC(C)(C)OC(=O)NCC[C@H](CC(=O)O)NC(=O)OCc1ccccc1. The molecule has 0 heterocycles. The number of hydrogen-bond acceptors (Lipinski definition) is 5. The van der Waals surface area contributed by atoms with Crippen LogP contribution in [-0.4, -0.2) is 41.4 Å². The molecule has 0 saturated heterocycles. The second-order valence-corrected chi connectivity index (χ2v) is 6.72. The molecule has 0 aliphatic rings. The Morgan fingerprint density at radius 3 is 2.35 bits per heavy atom. The Morgan fingerprint density at radius 1 is 1.12 bits per heavy atom.